The molecule has 0 unspecified atom stereocenters. The second-order valence-electron chi connectivity index (χ2n) is 9.68. The topological polar surface area (TPSA) is 84.0 Å². The minimum Gasteiger partial charge on any atom is -0.308 e. The van der Waals surface area contributed by atoms with E-state index >= 15 is 0 Å². The molecule has 0 radical (unpaired) electrons. The summed E-state index contributed by atoms with van der Waals surface area (Å²) in [6.45, 7) is 20.1. The van der Waals surface area contributed by atoms with E-state index < -0.39 is 20.6 Å². The highest BCUT2D eigenvalue weighted by Gasteiger charge is 2.50. The van der Waals surface area contributed by atoms with Gasteiger partial charge in [-0.3, -0.25) is 14.1 Å². The quantitative estimate of drug-likeness (QED) is 0.289. The number of nitrogens with zero attached hydrogens (tertiary/aromatic N) is 1. The average Bonchev–Trinajstić information content (AvgIpc) is 2.65. The average molecular weight is 492 g/mol. The SMILES string of the molecule is CCOP(=O)(OCC)C(Cc1cc(C(C)(C)C)nc(C(C)(C)C)c1)P(=O)(OCC)OCC. The summed E-state index contributed by atoms with van der Waals surface area (Å²) in [6.07, 6.45) is 0.156. The minimum absolute atomic E-state index is 0.156. The summed E-state index contributed by atoms with van der Waals surface area (Å²) in [7, 11) is -7.64. The number of pyridine rings is 1. The van der Waals surface area contributed by atoms with Crippen LogP contribution in [0.5, 0.6) is 0 Å². The maximum Gasteiger partial charge on any atom is 0.346 e. The van der Waals surface area contributed by atoms with Gasteiger partial charge in [-0.1, -0.05) is 41.5 Å². The third kappa shape index (κ3) is 7.75. The lowest BCUT2D eigenvalue weighted by molar-refractivity contribution is 0.195. The van der Waals surface area contributed by atoms with Crippen molar-refractivity contribution in [1.29, 1.82) is 0 Å². The van der Waals surface area contributed by atoms with Gasteiger partial charge >= 0.3 is 15.2 Å². The first-order valence-electron chi connectivity index (χ1n) is 11.5. The predicted octanol–water partition coefficient (Wildman–Crippen LogP) is 7.08. The van der Waals surface area contributed by atoms with Crippen molar-refractivity contribution in [1.82, 2.24) is 4.98 Å². The maximum absolute atomic E-state index is 13.9. The van der Waals surface area contributed by atoms with Crippen molar-refractivity contribution < 1.29 is 27.2 Å². The second-order valence-corrected chi connectivity index (χ2v) is 14.5. The van der Waals surface area contributed by atoms with Gasteiger partial charge in [-0.2, -0.15) is 0 Å². The van der Waals surface area contributed by atoms with Crippen LogP contribution in [0, 0.1) is 0 Å². The van der Waals surface area contributed by atoms with Gasteiger partial charge in [0.05, 0.1) is 26.4 Å². The molecule has 9 heteroatoms. The third-order valence-electron chi connectivity index (χ3n) is 4.81. The molecule has 32 heavy (non-hydrogen) atoms. The Hall–Kier alpha value is -0.550. The van der Waals surface area contributed by atoms with Crippen molar-refractivity contribution in [2.75, 3.05) is 26.4 Å². The van der Waals surface area contributed by atoms with Crippen molar-refractivity contribution in [3.8, 4) is 0 Å². The molecule has 0 aliphatic heterocycles. The van der Waals surface area contributed by atoms with Crippen LogP contribution in [-0.4, -0.2) is 36.8 Å². The monoisotopic (exact) mass is 491 g/mol. The zero-order valence-corrected chi connectivity index (χ0v) is 23.3. The number of hydrogen-bond donors (Lipinski definition) is 0. The van der Waals surface area contributed by atoms with Gasteiger partial charge in [0.15, 0.2) is 5.40 Å². The molecular formula is C23H43NO6P2. The standard InChI is InChI=1S/C23H43NO6P2/c1-11-27-31(25,28-12-2)21(32(26,29-13-3)30-14-4)17-18-15-19(22(5,6)7)24-20(16-18)23(8,9)10/h15-16,21H,11-14,17H2,1-10H3. The van der Waals surface area contributed by atoms with Gasteiger partial charge < -0.3 is 18.1 Å². The van der Waals surface area contributed by atoms with Gasteiger partial charge in [0.25, 0.3) is 0 Å². The van der Waals surface area contributed by atoms with Crippen LogP contribution in [-0.2, 0) is 44.5 Å². The summed E-state index contributed by atoms with van der Waals surface area (Å²) in [5.41, 5.74) is 2.27. The van der Waals surface area contributed by atoms with Gasteiger partial charge in [-0.05, 0) is 51.8 Å². The summed E-state index contributed by atoms with van der Waals surface area (Å²) in [5.74, 6) is 0. The molecule has 186 valence electrons. The molecule has 0 fully saturated rings. The van der Waals surface area contributed by atoms with Crippen LogP contribution in [0.4, 0.5) is 0 Å². The van der Waals surface area contributed by atoms with E-state index in [1.165, 1.54) is 0 Å². The normalized spacial score (nSPS) is 13.7. The van der Waals surface area contributed by atoms with Crippen molar-refractivity contribution in [2.24, 2.45) is 0 Å². The fraction of sp³-hybridized carbons (Fsp3) is 0.783. The van der Waals surface area contributed by atoms with Crippen LogP contribution in [0.3, 0.4) is 0 Å². The molecule has 0 atom stereocenters. The van der Waals surface area contributed by atoms with E-state index in [2.05, 4.69) is 41.5 Å². The molecule has 1 aromatic rings. The van der Waals surface area contributed by atoms with Gasteiger partial charge in [0, 0.05) is 22.2 Å². The molecule has 0 aliphatic rings. The third-order valence-corrected chi connectivity index (χ3v) is 10.8. The van der Waals surface area contributed by atoms with Crippen LogP contribution < -0.4 is 0 Å². The molecule has 0 spiro atoms. The Bertz CT molecular complexity index is 747. The predicted molar refractivity (Wildman–Crippen MR) is 131 cm³/mol. The first-order valence-corrected chi connectivity index (χ1v) is 14.7. The zero-order valence-electron chi connectivity index (χ0n) is 21.6. The lowest BCUT2D eigenvalue weighted by Gasteiger charge is -2.32. The molecule has 0 amide bonds. The largest absolute Gasteiger partial charge is 0.346 e. The van der Waals surface area contributed by atoms with E-state index in [1.54, 1.807) is 27.7 Å². The fourth-order valence-corrected chi connectivity index (χ4v) is 8.55. The first-order chi connectivity index (χ1) is 14.7. The highest BCUT2D eigenvalue weighted by atomic mass is 31.2. The lowest BCUT2D eigenvalue weighted by atomic mass is 9.86. The molecule has 0 saturated heterocycles. The summed E-state index contributed by atoms with van der Waals surface area (Å²) < 4.78 is 50.3. The summed E-state index contributed by atoms with van der Waals surface area (Å²) in [6, 6.07) is 3.96. The Morgan fingerprint density at radius 2 is 1.03 bits per heavy atom. The molecule has 0 aromatic carbocycles. The molecule has 0 N–H and O–H groups in total. The van der Waals surface area contributed by atoms with E-state index in [4.69, 9.17) is 23.1 Å². The van der Waals surface area contributed by atoms with Crippen LogP contribution in [0.1, 0.15) is 86.2 Å². The van der Waals surface area contributed by atoms with Crippen molar-refractivity contribution >= 4 is 15.2 Å². The van der Waals surface area contributed by atoms with Gasteiger partial charge in [-0.15, -0.1) is 0 Å². The molecular weight excluding hydrogens is 448 g/mol. The maximum atomic E-state index is 13.9. The van der Waals surface area contributed by atoms with Crippen LogP contribution in [0.15, 0.2) is 12.1 Å². The highest BCUT2D eigenvalue weighted by molar-refractivity contribution is 7.72. The Morgan fingerprint density at radius 1 is 0.719 bits per heavy atom. The van der Waals surface area contributed by atoms with E-state index in [1.807, 2.05) is 12.1 Å². The highest BCUT2D eigenvalue weighted by Crippen LogP contribution is 2.71. The molecule has 7 nitrogen and oxygen atoms in total. The summed E-state index contributed by atoms with van der Waals surface area (Å²) in [4.78, 5) is 4.89. The Morgan fingerprint density at radius 3 is 1.28 bits per heavy atom. The first kappa shape index (κ1) is 29.5. The molecule has 0 saturated carbocycles. The van der Waals surface area contributed by atoms with Crippen LogP contribution in [0.25, 0.3) is 0 Å². The molecule has 0 aliphatic carbocycles. The van der Waals surface area contributed by atoms with Crippen molar-refractivity contribution in [3.05, 3.63) is 29.1 Å². The molecule has 1 aromatic heterocycles. The van der Waals surface area contributed by atoms with Crippen LogP contribution >= 0.6 is 15.2 Å². The second kappa shape index (κ2) is 11.7. The van der Waals surface area contributed by atoms with E-state index in [0.29, 0.717) is 0 Å². The zero-order chi connectivity index (χ0) is 24.8. The number of hydrogen-bond acceptors (Lipinski definition) is 7. The van der Waals surface area contributed by atoms with E-state index in [-0.39, 0.29) is 43.7 Å². The minimum atomic E-state index is -3.82. The van der Waals surface area contributed by atoms with E-state index in [9.17, 15) is 9.13 Å². The van der Waals surface area contributed by atoms with Crippen LogP contribution in [0.2, 0.25) is 0 Å². The lowest BCUT2D eigenvalue weighted by Crippen LogP contribution is -2.23. The number of rotatable bonds is 12. The van der Waals surface area contributed by atoms with Crippen molar-refractivity contribution in [3.63, 3.8) is 0 Å². The number of aromatic nitrogens is 1. The van der Waals surface area contributed by atoms with Crippen molar-refractivity contribution in [2.45, 2.75) is 91.9 Å². The van der Waals surface area contributed by atoms with Gasteiger partial charge in [0.2, 0.25) is 0 Å². The summed E-state index contributed by atoms with van der Waals surface area (Å²) in [5, 5.41) is -1.09. The molecule has 1 rings (SSSR count). The van der Waals surface area contributed by atoms with Gasteiger partial charge in [-0.25, -0.2) is 0 Å². The Kier molecular flexibility index (Phi) is 10.8. The Labute approximate surface area is 195 Å². The fourth-order valence-electron chi connectivity index (χ4n) is 3.22. The van der Waals surface area contributed by atoms with E-state index in [0.717, 1.165) is 17.0 Å². The molecule has 0 bridgehead atoms. The van der Waals surface area contributed by atoms with Gasteiger partial charge in [0.1, 0.15) is 0 Å². The molecule has 1 heterocycles. The summed E-state index contributed by atoms with van der Waals surface area (Å²) >= 11 is 0. The smallest absolute Gasteiger partial charge is 0.308 e. The Balaban J connectivity index is 3.73.